The predicted octanol–water partition coefficient (Wildman–Crippen LogP) is 3.85. The molecule has 4 rings (SSSR count). The first-order valence-electron chi connectivity index (χ1n) is 7.33. The smallest absolute Gasteiger partial charge is 0.176 e. The summed E-state index contributed by atoms with van der Waals surface area (Å²) in [5, 5.41) is 3.92. The van der Waals surface area contributed by atoms with Crippen LogP contribution in [0.1, 0.15) is 5.56 Å². The molecule has 2 heterocycles. The van der Waals surface area contributed by atoms with E-state index in [4.69, 9.17) is 0 Å². The Morgan fingerprint density at radius 2 is 1.67 bits per heavy atom. The van der Waals surface area contributed by atoms with E-state index in [2.05, 4.69) is 82.7 Å². The van der Waals surface area contributed by atoms with Gasteiger partial charge in [-0.3, -0.25) is 0 Å². The van der Waals surface area contributed by atoms with E-state index in [1.807, 2.05) is 0 Å². The van der Waals surface area contributed by atoms with Crippen LogP contribution in [0.25, 0.3) is 21.7 Å². The number of hydrogen-bond acceptors (Lipinski definition) is 0. The number of fused-ring (bicyclic) bond motifs is 2. The molecule has 4 aromatic rings. The molecular weight excluding hydrogens is 256 g/mol. The third kappa shape index (κ3) is 2.29. The second kappa shape index (κ2) is 5.06. The van der Waals surface area contributed by atoms with Crippen molar-refractivity contribution in [1.82, 2.24) is 4.98 Å². The standard InChI is InChI=1S/C19H17N2/c1-2-6-17-14-21(11-9-15(17)5-1)12-10-16-13-20-19-8-4-3-7-18(16)19/h1-9,11,13-14,20H,10,12H2/q+1. The SMILES string of the molecule is c1ccc2c[n+](CCc3c[nH]c4ccccc34)ccc2c1. The zero-order valence-corrected chi connectivity index (χ0v) is 11.8. The molecule has 102 valence electrons. The second-order valence-corrected chi connectivity index (χ2v) is 5.42. The molecule has 0 unspecified atom stereocenters. The zero-order chi connectivity index (χ0) is 14.1. The summed E-state index contributed by atoms with van der Waals surface area (Å²) >= 11 is 0. The molecule has 0 bridgehead atoms. The first kappa shape index (κ1) is 12.2. The van der Waals surface area contributed by atoms with Crippen LogP contribution in [0, 0.1) is 0 Å². The number of hydrogen-bond donors (Lipinski definition) is 1. The normalized spacial score (nSPS) is 11.2. The lowest BCUT2D eigenvalue weighted by molar-refractivity contribution is -0.695. The minimum absolute atomic E-state index is 0.993. The van der Waals surface area contributed by atoms with Crippen molar-refractivity contribution < 1.29 is 4.57 Å². The number of rotatable bonds is 3. The van der Waals surface area contributed by atoms with Crippen LogP contribution in [0.3, 0.4) is 0 Å². The Labute approximate surface area is 123 Å². The number of nitrogens with zero attached hydrogens (tertiary/aromatic N) is 1. The van der Waals surface area contributed by atoms with Crippen molar-refractivity contribution in [1.29, 1.82) is 0 Å². The van der Waals surface area contributed by atoms with Crippen molar-refractivity contribution in [2.75, 3.05) is 0 Å². The first-order chi connectivity index (χ1) is 10.4. The number of benzene rings is 2. The van der Waals surface area contributed by atoms with E-state index in [0.29, 0.717) is 0 Å². The van der Waals surface area contributed by atoms with Crippen LogP contribution in [0.15, 0.2) is 73.2 Å². The summed E-state index contributed by atoms with van der Waals surface area (Å²) in [5.41, 5.74) is 2.60. The number of H-pyrrole nitrogens is 1. The average molecular weight is 273 g/mol. The van der Waals surface area contributed by atoms with E-state index >= 15 is 0 Å². The molecule has 0 fully saturated rings. The molecule has 0 saturated heterocycles. The molecule has 0 saturated carbocycles. The maximum absolute atomic E-state index is 3.34. The average Bonchev–Trinajstić information content (AvgIpc) is 2.96. The van der Waals surface area contributed by atoms with Gasteiger partial charge in [0.05, 0.1) is 0 Å². The van der Waals surface area contributed by atoms with E-state index < -0.39 is 0 Å². The van der Waals surface area contributed by atoms with Crippen molar-refractivity contribution in [2.24, 2.45) is 0 Å². The number of aryl methyl sites for hydroxylation is 2. The lowest BCUT2D eigenvalue weighted by Crippen LogP contribution is -2.33. The number of pyridine rings is 1. The highest BCUT2D eigenvalue weighted by Crippen LogP contribution is 2.18. The molecule has 0 radical (unpaired) electrons. The van der Waals surface area contributed by atoms with Gasteiger partial charge < -0.3 is 4.98 Å². The molecule has 0 spiro atoms. The largest absolute Gasteiger partial charge is 0.361 e. The van der Waals surface area contributed by atoms with Gasteiger partial charge in [0.1, 0.15) is 0 Å². The minimum Gasteiger partial charge on any atom is -0.361 e. The number of aromatic amines is 1. The Hall–Kier alpha value is -2.61. The maximum atomic E-state index is 3.34. The van der Waals surface area contributed by atoms with Gasteiger partial charge in [-0.2, -0.15) is 0 Å². The van der Waals surface area contributed by atoms with Crippen LogP contribution in [-0.4, -0.2) is 4.98 Å². The molecule has 2 nitrogen and oxygen atoms in total. The molecule has 0 aliphatic heterocycles. The highest BCUT2D eigenvalue weighted by Gasteiger charge is 2.07. The lowest BCUT2D eigenvalue weighted by Gasteiger charge is -1.99. The van der Waals surface area contributed by atoms with Crippen LogP contribution in [0.4, 0.5) is 0 Å². The third-order valence-corrected chi connectivity index (χ3v) is 4.06. The van der Waals surface area contributed by atoms with Gasteiger partial charge in [-0.15, -0.1) is 0 Å². The highest BCUT2D eigenvalue weighted by atomic mass is 14.9. The van der Waals surface area contributed by atoms with Crippen LogP contribution in [0.5, 0.6) is 0 Å². The highest BCUT2D eigenvalue weighted by molar-refractivity contribution is 5.83. The Bertz CT molecular complexity index is 905. The van der Waals surface area contributed by atoms with Crippen molar-refractivity contribution in [3.63, 3.8) is 0 Å². The van der Waals surface area contributed by atoms with E-state index in [0.717, 1.165) is 13.0 Å². The van der Waals surface area contributed by atoms with Crippen LogP contribution < -0.4 is 4.57 Å². The van der Waals surface area contributed by atoms with Crippen molar-refractivity contribution in [2.45, 2.75) is 13.0 Å². The van der Waals surface area contributed by atoms with Gasteiger partial charge in [-0.1, -0.05) is 36.4 Å². The Kier molecular flexibility index (Phi) is 2.93. The zero-order valence-electron chi connectivity index (χ0n) is 11.8. The van der Waals surface area contributed by atoms with Crippen molar-refractivity contribution in [3.8, 4) is 0 Å². The van der Waals surface area contributed by atoms with Gasteiger partial charge in [0, 0.05) is 35.0 Å². The Morgan fingerprint density at radius 3 is 2.62 bits per heavy atom. The van der Waals surface area contributed by atoms with Crippen molar-refractivity contribution in [3.05, 3.63) is 78.8 Å². The van der Waals surface area contributed by atoms with Crippen molar-refractivity contribution >= 4 is 21.7 Å². The quantitative estimate of drug-likeness (QED) is 0.547. The summed E-state index contributed by atoms with van der Waals surface area (Å²) in [6, 6.07) is 19.2. The fourth-order valence-corrected chi connectivity index (χ4v) is 2.91. The number of nitrogens with one attached hydrogen (secondary N) is 1. The van der Waals surface area contributed by atoms with Crippen LogP contribution >= 0.6 is 0 Å². The van der Waals surface area contributed by atoms with Gasteiger partial charge in [0.25, 0.3) is 0 Å². The van der Waals surface area contributed by atoms with Gasteiger partial charge >= 0.3 is 0 Å². The summed E-state index contributed by atoms with van der Waals surface area (Å²) in [6.07, 6.45) is 7.56. The monoisotopic (exact) mass is 273 g/mol. The maximum Gasteiger partial charge on any atom is 0.176 e. The molecule has 1 N–H and O–H groups in total. The molecule has 0 atom stereocenters. The van der Waals surface area contributed by atoms with E-state index in [-0.39, 0.29) is 0 Å². The van der Waals surface area contributed by atoms with E-state index in [1.54, 1.807) is 0 Å². The third-order valence-electron chi connectivity index (χ3n) is 4.06. The molecule has 21 heavy (non-hydrogen) atoms. The molecular formula is C19H17N2+. The fraction of sp³-hybridized carbons (Fsp3) is 0.105. The van der Waals surface area contributed by atoms with Gasteiger partial charge in [-0.05, 0) is 23.1 Å². The predicted molar refractivity (Wildman–Crippen MR) is 86.1 cm³/mol. The molecule has 2 heteroatoms. The number of aromatic nitrogens is 2. The van der Waals surface area contributed by atoms with E-state index in [9.17, 15) is 0 Å². The summed E-state index contributed by atoms with van der Waals surface area (Å²) < 4.78 is 2.27. The van der Waals surface area contributed by atoms with Gasteiger partial charge in [0.15, 0.2) is 18.9 Å². The summed E-state index contributed by atoms with van der Waals surface area (Å²) in [4.78, 5) is 3.34. The van der Waals surface area contributed by atoms with Crippen LogP contribution in [-0.2, 0) is 13.0 Å². The Balaban J connectivity index is 1.60. The fourth-order valence-electron chi connectivity index (χ4n) is 2.91. The molecule has 2 aromatic heterocycles. The molecule has 2 aromatic carbocycles. The summed E-state index contributed by atoms with van der Waals surface area (Å²) in [5.74, 6) is 0. The van der Waals surface area contributed by atoms with E-state index in [1.165, 1.54) is 27.2 Å². The molecule has 0 aliphatic carbocycles. The Morgan fingerprint density at radius 1 is 0.857 bits per heavy atom. The van der Waals surface area contributed by atoms with Crippen LogP contribution in [0.2, 0.25) is 0 Å². The molecule has 0 amide bonds. The van der Waals surface area contributed by atoms with Gasteiger partial charge in [-0.25, -0.2) is 4.57 Å². The first-order valence-corrected chi connectivity index (χ1v) is 7.33. The summed E-state index contributed by atoms with van der Waals surface area (Å²) in [7, 11) is 0. The minimum atomic E-state index is 0.993. The van der Waals surface area contributed by atoms with Gasteiger partial charge in [0.2, 0.25) is 0 Å². The molecule has 0 aliphatic rings. The second-order valence-electron chi connectivity index (χ2n) is 5.42. The topological polar surface area (TPSA) is 19.7 Å². The number of para-hydroxylation sites is 1. The lowest BCUT2D eigenvalue weighted by atomic mass is 10.1. The summed E-state index contributed by atoms with van der Waals surface area (Å²) in [6.45, 7) is 0.993.